The van der Waals surface area contributed by atoms with E-state index in [2.05, 4.69) is 20.8 Å². The Bertz CT molecular complexity index is 816. The first kappa shape index (κ1) is 17.0. The number of ether oxygens (including phenoxy) is 2. The summed E-state index contributed by atoms with van der Waals surface area (Å²) in [4.78, 5) is 0.542. The third kappa shape index (κ3) is 3.79. The van der Waals surface area contributed by atoms with Gasteiger partial charge in [-0.15, -0.1) is 0 Å². The summed E-state index contributed by atoms with van der Waals surface area (Å²) in [5.74, 6) is 0.562. The third-order valence-corrected chi connectivity index (χ3v) is 5.70. The predicted octanol–water partition coefficient (Wildman–Crippen LogP) is 3.59. The van der Waals surface area contributed by atoms with Crippen molar-refractivity contribution >= 4 is 9.84 Å². The molecule has 1 aliphatic rings. The molecule has 1 aliphatic heterocycles. The van der Waals surface area contributed by atoms with Gasteiger partial charge >= 0.3 is 0 Å². The Labute approximate surface area is 143 Å². The highest BCUT2D eigenvalue weighted by Crippen LogP contribution is 2.32. The van der Waals surface area contributed by atoms with Crippen LogP contribution in [0, 0.1) is 0 Å². The van der Waals surface area contributed by atoms with Gasteiger partial charge in [0.05, 0.1) is 16.4 Å². The van der Waals surface area contributed by atoms with Crippen molar-refractivity contribution in [3.8, 4) is 5.75 Å². The molecule has 128 valence electrons. The molecule has 1 heterocycles. The summed E-state index contributed by atoms with van der Waals surface area (Å²) in [5.41, 5.74) is 0.738. The third-order valence-electron chi connectivity index (χ3n) is 3.95. The van der Waals surface area contributed by atoms with Crippen molar-refractivity contribution in [2.45, 2.75) is 42.1 Å². The molecule has 0 N–H and O–H groups in total. The minimum Gasteiger partial charge on any atom is -0.491 e. The molecule has 0 spiro atoms. The van der Waals surface area contributed by atoms with Crippen LogP contribution in [0.2, 0.25) is 0 Å². The first-order valence-electron chi connectivity index (χ1n) is 7.97. The summed E-state index contributed by atoms with van der Waals surface area (Å²) in [6.45, 7) is 7.30. The number of epoxide rings is 1. The van der Waals surface area contributed by atoms with Gasteiger partial charge in [0.15, 0.2) is 0 Å². The molecule has 1 unspecified atom stereocenters. The maximum atomic E-state index is 12.9. The van der Waals surface area contributed by atoms with Crippen LogP contribution >= 0.6 is 0 Å². The molecule has 1 fully saturated rings. The van der Waals surface area contributed by atoms with Gasteiger partial charge in [-0.25, -0.2) is 8.42 Å². The van der Waals surface area contributed by atoms with Crippen LogP contribution in [-0.2, 0) is 20.0 Å². The SMILES string of the molecule is CC(C)(C)c1cc(OCC2CO2)cc(S(=O)(=O)c2ccccc2)c1. The number of sulfone groups is 1. The Balaban J connectivity index is 2.03. The Morgan fingerprint density at radius 1 is 1.08 bits per heavy atom. The van der Waals surface area contributed by atoms with Crippen molar-refractivity contribution in [3.63, 3.8) is 0 Å². The van der Waals surface area contributed by atoms with Crippen molar-refractivity contribution in [1.82, 2.24) is 0 Å². The monoisotopic (exact) mass is 346 g/mol. The highest BCUT2D eigenvalue weighted by atomic mass is 32.2. The standard InChI is InChI=1S/C19H22O4S/c1-19(2,3)14-9-15(22-12-16-13-23-16)11-18(10-14)24(20,21)17-7-5-4-6-8-17/h4-11,16H,12-13H2,1-3H3. The molecule has 5 heteroatoms. The smallest absolute Gasteiger partial charge is 0.206 e. The van der Waals surface area contributed by atoms with Crippen molar-refractivity contribution in [1.29, 1.82) is 0 Å². The van der Waals surface area contributed by atoms with E-state index in [4.69, 9.17) is 9.47 Å². The van der Waals surface area contributed by atoms with Crippen LogP contribution in [0.3, 0.4) is 0 Å². The molecule has 1 saturated heterocycles. The molecule has 1 atom stereocenters. The topological polar surface area (TPSA) is 55.9 Å². The zero-order chi connectivity index (χ0) is 17.4. The summed E-state index contributed by atoms with van der Waals surface area (Å²) in [7, 11) is -3.58. The van der Waals surface area contributed by atoms with Gasteiger partial charge in [0, 0.05) is 0 Å². The van der Waals surface area contributed by atoms with E-state index in [9.17, 15) is 8.42 Å². The fraction of sp³-hybridized carbons (Fsp3) is 0.368. The lowest BCUT2D eigenvalue weighted by atomic mass is 9.87. The highest BCUT2D eigenvalue weighted by Gasteiger charge is 2.25. The lowest BCUT2D eigenvalue weighted by Gasteiger charge is -2.21. The van der Waals surface area contributed by atoms with Crippen LogP contribution in [0.1, 0.15) is 26.3 Å². The average molecular weight is 346 g/mol. The molecule has 0 aromatic heterocycles. The van der Waals surface area contributed by atoms with Crippen LogP contribution in [-0.4, -0.2) is 27.7 Å². The van der Waals surface area contributed by atoms with Crippen LogP contribution < -0.4 is 4.74 Å². The molecule has 24 heavy (non-hydrogen) atoms. The van der Waals surface area contributed by atoms with E-state index in [-0.39, 0.29) is 21.3 Å². The molecule has 0 bridgehead atoms. The number of benzene rings is 2. The summed E-state index contributed by atoms with van der Waals surface area (Å²) in [6, 6.07) is 13.7. The highest BCUT2D eigenvalue weighted by molar-refractivity contribution is 7.91. The zero-order valence-electron chi connectivity index (χ0n) is 14.2. The van der Waals surface area contributed by atoms with E-state index in [0.29, 0.717) is 19.0 Å². The molecule has 3 rings (SSSR count). The summed E-state index contributed by atoms with van der Waals surface area (Å²) >= 11 is 0. The molecule has 0 amide bonds. The van der Waals surface area contributed by atoms with Gasteiger partial charge in [-0.2, -0.15) is 0 Å². The van der Waals surface area contributed by atoms with Gasteiger partial charge in [0.1, 0.15) is 18.5 Å². The van der Waals surface area contributed by atoms with Gasteiger partial charge < -0.3 is 9.47 Å². The molecular weight excluding hydrogens is 324 g/mol. The van der Waals surface area contributed by atoms with E-state index < -0.39 is 9.84 Å². The number of hydrogen-bond acceptors (Lipinski definition) is 4. The van der Waals surface area contributed by atoms with Crippen molar-refractivity contribution < 1.29 is 17.9 Å². The molecule has 0 radical (unpaired) electrons. The van der Waals surface area contributed by atoms with Crippen LogP contribution in [0.15, 0.2) is 58.3 Å². The lowest BCUT2D eigenvalue weighted by molar-refractivity contribution is 0.262. The van der Waals surface area contributed by atoms with E-state index in [0.717, 1.165) is 5.56 Å². The largest absolute Gasteiger partial charge is 0.491 e. The first-order chi connectivity index (χ1) is 11.3. The fourth-order valence-corrected chi connectivity index (χ4v) is 3.67. The van der Waals surface area contributed by atoms with Gasteiger partial charge in [0.2, 0.25) is 9.84 Å². The number of rotatable bonds is 5. The Morgan fingerprint density at radius 3 is 2.33 bits per heavy atom. The summed E-state index contributed by atoms with van der Waals surface area (Å²) < 4.78 is 36.8. The quantitative estimate of drug-likeness (QED) is 0.776. The Kier molecular flexibility index (Phi) is 4.40. The maximum Gasteiger partial charge on any atom is 0.206 e. The second kappa shape index (κ2) is 6.22. The molecule has 2 aromatic rings. The predicted molar refractivity (Wildman–Crippen MR) is 92.3 cm³/mol. The van der Waals surface area contributed by atoms with E-state index >= 15 is 0 Å². The van der Waals surface area contributed by atoms with E-state index in [1.165, 1.54) is 0 Å². The van der Waals surface area contributed by atoms with Crippen LogP contribution in [0.4, 0.5) is 0 Å². The minimum atomic E-state index is -3.58. The summed E-state index contributed by atoms with van der Waals surface area (Å²) in [5, 5.41) is 0. The van der Waals surface area contributed by atoms with E-state index in [1.807, 2.05) is 6.07 Å². The van der Waals surface area contributed by atoms with Gasteiger partial charge in [0.25, 0.3) is 0 Å². The molecule has 0 saturated carbocycles. The Morgan fingerprint density at radius 2 is 1.75 bits per heavy atom. The maximum absolute atomic E-state index is 12.9. The van der Waals surface area contributed by atoms with E-state index in [1.54, 1.807) is 42.5 Å². The van der Waals surface area contributed by atoms with Gasteiger partial charge in [-0.1, -0.05) is 39.0 Å². The fourth-order valence-electron chi connectivity index (χ4n) is 2.33. The zero-order valence-corrected chi connectivity index (χ0v) is 15.0. The van der Waals surface area contributed by atoms with Crippen LogP contribution in [0.5, 0.6) is 5.75 Å². The van der Waals surface area contributed by atoms with Gasteiger partial charge in [-0.05, 0) is 41.3 Å². The number of hydrogen-bond donors (Lipinski definition) is 0. The minimum absolute atomic E-state index is 0.123. The van der Waals surface area contributed by atoms with Crippen LogP contribution in [0.25, 0.3) is 0 Å². The second-order valence-corrected chi connectivity index (χ2v) is 8.98. The molecule has 0 aliphatic carbocycles. The molecule has 2 aromatic carbocycles. The van der Waals surface area contributed by atoms with Crippen molar-refractivity contribution in [2.24, 2.45) is 0 Å². The van der Waals surface area contributed by atoms with Crippen molar-refractivity contribution in [2.75, 3.05) is 13.2 Å². The lowest BCUT2D eigenvalue weighted by Crippen LogP contribution is -2.14. The van der Waals surface area contributed by atoms with Crippen molar-refractivity contribution in [3.05, 3.63) is 54.1 Å². The van der Waals surface area contributed by atoms with Gasteiger partial charge in [-0.3, -0.25) is 0 Å². The normalized spacial score (nSPS) is 17.5. The molecule has 4 nitrogen and oxygen atoms in total. The molecular formula is C19H22O4S. The average Bonchev–Trinajstić information content (AvgIpc) is 3.37. The Hall–Kier alpha value is -1.85. The summed E-state index contributed by atoms with van der Waals surface area (Å²) in [6.07, 6.45) is 0.123. The second-order valence-electron chi connectivity index (χ2n) is 7.03. The first-order valence-corrected chi connectivity index (χ1v) is 9.45.